The molecular weight excluding hydrogens is 298 g/mol. The van der Waals surface area contributed by atoms with Gasteiger partial charge in [0.1, 0.15) is 11.4 Å². The number of hydrogen-bond acceptors (Lipinski definition) is 2. The van der Waals surface area contributed by atoms with Crippen molar-refractivity contribution in [2.75, 3.05) is 0 Å². The first-order valence-corrected chi connectivity index (χ1v) is 8.43. The molecule has 3 rings (SSSR count). The Hall–Kier alpha value is -2.29. The van der Waals surface area contributed by atoms with Crippen molar-refractivity contribution in [3.63, 3.8) is 0 Å². The molecule has 0 aliphatic carbocycles. The van der Waals surface area contributed by atoms with Gasteiger partial charge >= 0.3 is 0 Å². The molecule has 0 aromatic heterocycles. The molecule has 0 radical (unpaired) electrons. The minimum Gasteiger partial charge on any atom is -0.487 e. The van der Waals surface area contributed by atoms with E-state index in [1.54, 1.807) is 0 Å². The van der Waals surface area contributed by atoms with Gasteiger partial charge in [0.15, 0.2) is 0 Å². The summed E-state index contributed by atoms with van der Waals surface area (Å²) in [7, 11) is 0. The summed E-state index contributed by atoms with van der Waals surface area (Å²) in [5, 5.41) is 3.21. The van der Waals surface area contributed by atoms with E-state index in [-0.39, 0.29) is 17.6 Å². The lowest BCUT2D eigenvalue weighted by molar-refractivity contribution is 0.0619. The average Bonchev–Trinajstić information content (AvgIpc) is 2.45. The highest BCUT2D eigenvalue weighted by Gasteiger charge is 2.34. The molecule has 0 fully saturated rings. The van der Waals surface area contributed by atoms with Crippen LogP contribution in [0.2, 0.25) is 0 Å². The molecule has 24 heavy (non-hydrogen) atoms. The van der Waals surface area contributed by atoms with E-state index in [2.05, 4.69) is 38.2 Å². The van der Waals surface area contributed by atoms with Crippen molar-refractivity contribution in [1.29, 1.82) is 0 Å². The predicted molar refractivity (Wildman–Crippen MR) is 96.6 cm³/mol. The summed E-state index contributed by atoms with van der Waals surface area (Å²) in [4.78, 5) is 12.8. The second-order valence-electron chi connectivity index (χ2n) is 7.45. The van der Waals surface area contributed by atoms with Crippen LogP contribution in [0.5, 0.6) is 5.75 Å². The summed E-state index contributed by atoms with van der Waals surface area (Å²) in [6, 6.07) is 12.1. The van der Waals surface area contributed by atoms with Crippen LogP contribution in [0.4, 0.5) is 0 Å². The molecule has 3 heteroatoms. The fourth-order valence-corrected chi connectivity index (χ4v) is 3.39. The maximum Gasteiger partial charge on any atom is 0.252 e. The lowest BCUT2D eigenvalue weighted by Gasteiger charge is -2.38. The van der Waals surface area contributed by atoms with Crippen LogP contribution in [0.15, 0.2) is 36.4 Å². The Morgan fingerprint density at radius 2 is 1.75 bits per heavy atom. The van der Waals surface area contributed by atoms with Gasteiger partial charge in [0, 0.05) is 17.5 Å². The number of benzene rings is 2. The molecule has 0 spiro atoms. The first-order chi connectivity index (χ1) is 11.2. The Balaban J connectivity index is 1.90. The zero-order valence-corrected chi connectivity index (χ0v) is 15.1. The molecule has 3 nitrogen and oxygen atoms in total. The van der Waals surface area contributed by atoms with Crippen LogP contribution in [-0.4, -0.2) is 11.5 Å². The van der Waals surface area contributed by atoms with Crippen molar-refractivity contribution in [2.45, 2.75) is 52.7 Å². The molecule has 0 bridgehead atoms. The lowest BCUT2D eigenvalue weighted by Crippen LogP contribution is -2.41. The first-order valence-electron chi connectivity index (χ1n) is 8.43. The van der Waals surface area contributed by atoms with Crippen LogP contribution in [0.25, 0.3) is 0 Å². The number of hydrogen-bond donors (Lipinski definition) is 1. The minimum absolute atomic E-state index is 0.0262. The van der Waals surface area contributed by atoms with Crippen LogP contribution in [0.3, 0.4) is 0 Å². The topological polar surface area (TPSA) is 38.3 Å². The van der Waals surface area contributed by atoms with Gasteiger partial charge in [0.05, 0.1) is 6.04 Å². The molecule has 0 saturated carbocycles. The Morgan fingerprint density at radius 3 is 2.46 bits per heavy atom. The van der Waals surface area contributed by atoms with Crippen molar-refractivity contribution in [3.8, 4) is 5.75 Å². The molecular formula is C21H25NO2. The van der Waals surface area contributed by atoms with E-state index < -0.39 is 0 Å². The lowest BCUT2D eigenvalue weighted by atomic mass is 9.89. The van der Waals surface area contributed by atoms with Gasteiger partial charge in [0.2, 0.25) is 0 Å². The highest BCUT2D eigenvalue weighted by Crippen LogP contribution is 2.40. The van der Waals surface area contributed by atoms with Crippen molar-refractivity contribution in [2.24, 2.45) is 0 Å². The third kappa shape index (κ3) is 3.30. The van der Waals surface area contributed by atoms with E-state index in [1.807, 2.05) is 38.1 Å². The van der Waals surface area contributed by atoms with Crippen molar-refractivity contribution < 1.29 is 9.53 Å². The summed E-state index contributed by atoms with van der Waals surface area (Å²) < 4.78 is 6.11. The molecule has 0 unspecified atom stereocenters. The van der Waals surface area contributed by atoms with Crippen LogP contribution in [0.1, 0.15) is 58.9 Å². The predicted octanol–water partition coefficient (Wildman–Crippen LogP) is 4.64. The summed E-state index contributed by atoms with van der Waals surface area (Å²) in [5.41, 5.74) is 4.81. The standard InChI is InChI=1S/C21H25NO2/c1-13-6-8-16(15(3)10-13)20(23)22-18-12-21(4,5)24-19-11-14(2)7-9-17(18)19/h6-11,18H,12H2,1-5H3,(H,22,23)/t18-/m1/s1. The van der Waals surface area contributed by atoms with Crippen LogP contribution < -0.4 is 10.1 Å². The zero-order chi connectivity index (χ0) is 17.5. The molecule has 2 aromatic rings. The monoisotopic (exact) mass is 323 g/mol. The zero-order valence-electron chi connectivity index (χ0n) is 15.1. The molecule has 0 saturated heterocycles. The number of ether oxygens (including phenoxy) is 1. The number of rotatable bonds is 2. The molecule has 1 N–H and O–H groups in total. The number of carbonyl (C=O) groups excluding carboxylic acids is 1. The van der Waals surface area contributed by atoms with Gasteiger partial charge in [-0.3, -0.25) is 4.79 Å². The number of fused-ring (bicyclic) bond motifs is 1. The Bertz CT molecular complexity index is 792. The summed E-state index contributed by atoms with van der Waals surface area (Å²) in [5.74, 6) is 0.846. The Kier molecular flexibility index (Phi) is 4.12. The summed E-state index contributed by atoms with van der Waals surface area (Å²) in [6.45, 7) is 10.2. The van der Waals surface area contributed by atoms with Gasteiger partial charge < -0.3 is 10.1 Å². The maximum atomic E-state index is 12.8. The molecule has 1 aliphatic heterocycles. The largest absolute Gasteiger partial charge is 0.487 e. The van der Waals surface area contributed by atoms with E-state index in [0.29, 0.717) is 0 Å². The molecule has 1 amide bonds. The average molecular weight is 323 g/mol. The number of nitrogens with one attached hydrogen (secondary N) is 1. The number of amides is 1. The van der Waals surface area contributed by atoms with Crippen molar-refractivity contribution in [3.05, 3.63) is 64.2 Å². The smallest absolute Gasteiger partial charge is 0.252 e. The quantitative estimate of drug-likeness (QED) is 0.874. The summed E-state index contributed by atoms with van der Waals surface area (Å²) in [6.07, 6.45) is 0.750. The Labute approximate surface area is 144 Å². The molecule has 1 atom stereocenters. The Morgan fingerprint density at radius 1 is 1.08 bits per heavy atom. The van der Waals surface area contributed by atoms with Gasteiger partial charge in [-0.25, -0.2) is 0 Å². The maximum absolute atomic E-state index is 12.8. The first kappa shape index (κ1) is 16.6. The van der Waals surface area contributed by atoms with Gasteiger partial charge in [-0.1, -0.05) is 29.8 Å². The van der Waals surface area contributed by atoms with E-state index in [0.717, 1.165) is 40.0 Å². The van der Waals surface area contributed by atoms with Crippen LogP contribution >= 0.6 is 0 Å². The van der Waals surface area contributed by atoms with Gasteiger partial charge in [0.25, 0.3) is 5.91 Å². The van der Waals surface area contributed by atoms with E-state index >= 15 is 0 Å². The third-order valence-electron chi connectivity index (χ3n) is 4.56. The second kappa shape index (κ2) is 5.97. The fourth-order valence-electron chi connectivity index (χ4n) is 3.39. The van der Waals surface area contributed by atoms with Crippen LogP contribution in [-0.2, 0) is 0 Å². The number of aryl methyl sites for hydroxylation is 3. The molecule has 126 valence electrons. The van der Waals surface area contributed by atoms with Gasteiger partial charge in [-0.2, -0.15) is 0 Å². The van der Waals surface area contributed by atoms with E-state index in [9.17, 15) is 4.79 Å². The highest BCUT2D eigenvalue weighted by molar-refractivity contribution is 5.96. The fraction of sp³-hybridized carbons (Fsp3) is 0.381. The summed E-state index contributed by atoms with van der Waals surface area (Å²) >= 11 is 0. The molecule has 2 aromatic carbocycles. The number of carbonyl (C=O) groups is 1. The second-order valence-corrected chi connectivity index (χ2v) is 7.45. The van der Waals surface area contributed by atoms with Crippen molar-refractivity contribution >= 4 is 5.91 Å². The van der Waals surface area contributed by atoms with Crippen molar-refractivity contribution in [1.82, 2.24) is 5.32 Å². The third-order valence-corrected chi connectivity index (χ3v) is 4.56. The van der Waals surface area contributed by atoms with E-state index in [4.69, 9.17) is 4.74 Å². The minimum atomic E-state index is -0.305. The molecule has 1 aliphatic rings. The molecule has 1 heterocycles. The van der Waals surface area contributed by atoms with Gasteiger partial charge in [-0.15, -0.1) is 0 Å². The normalized spacial score (nSPS) is 18.5. The van der Waals surface area contributed by atoms with Gasteiger partial charge in [-0.05, 0) is 57.9 Å². The highest BCUT2D eigenvalue weighted by atomic mass is 16.5. The van der Waals surface area contributed by atoms with Crippen LogP contribution in [0, 0.1) is 20.8 Å². The van der Waals surface area contributed by atoms with E-state index in [1.165, 1.54) is 0 Å². The SMILES string of the molecule is Cc1ccc(C(=O)N[C@@H]2CC(C)(C)Oc3cc(C)ccc32)c(C)c1.